The van der Waals surface area contributed by atoms with Gasteiger partial charge in [-0.25, -0.2) is 14.6 Å². The third kappa shape index (κ3) is 7.06. The number of Topliss-reactive ketones (excluding diaryl/α,β-unsaturated/α-hetero) is 1. The van der Waals surface area contributed by atoms with Gasteiger partial charge in [-0.05, 0) is 49.4 Å². The summed E-state index contributed by atoms with van der Waals surface area (Å²) in [6.45, 7) is 0.672. The molecule has 1 aromatic carbocycles. The van der Waals surface area contributed by atoms with E-state index in [0.717, 1.165) is 48.3 Å². The molecule has 0 radical (unpaired) electrons. The molecule has 0 aliphatic heterocycles. The predicted octanol–water partition coefficient (Wildman–Crippen LogP) is 2.65. The standard InChI is InChI=1S/C16H18N2O2.C4H4O4/c19-16-5-1-3-12-9-14(6-7-15(12)16)20-8-2-4-13-10-17-11-18-13;5-3(6)1-2-4(7)8/h6-7,9-11H,1-5,8H2,(H,17,18);1-2H,(H,5,6)(H,7,8)/b;2-1-. The van der Waals surface area contributed by atoms with E-state index in [0.29, 0.717) is 25.2 Å². The van der Waals surface area contributed by atoms with Gasteiger partial charge in [-0.2, -0.15) is 0 Å². The number of aromatic nitrogens is 2. The monoisotopic (exact) mass is 386 g/mol. The van der Waals surface area contributed by atoms with Crippen molar-refractivity contribution in [1.82, 2.24) is 9.97 Å². The minimum Gasteiger partial charge on any atom is -0.494 e. The molecular formula is C20H22N2O6. The number of H-pyrrole nitrogens is 1. The number of nitrogens with zero attached hydrogens (tertiary/aromatic N) is 1. The second-order valence-corrected chi connectivity index (χ2v) is 6.13. The lowest BCUT2D eigenvalue weighted by Crippen LogP contribution is -2.11. The summed E-state index contributed by atoms with van der Waals surface area (Å²) >= 11 is 0. The summed E-state index contributed by atoms with van der Waals surface area (Å²) in [5.74, 6) is -1.39. The smallest absolute Gasteiger partial charge is 0.328 e. The fourth-order valence-corrected chi connectivity index (χ4v) is 2.73. The van der Waals surface area contributed by atoms with Crippen molar-refractivity contribution in [2.45, 2.75) is 32.1 Å². The van der Waals surface area contributed by atoms with E-state index in [-0.39, 0.29) is 5.78 Å². The number of aliphatic carboxylic acids is 2. The topological polar surface area (TPSA) is 130 Å². The molecule has 3 rings (SSSR count). The molecule has 0 saturated carbocycles. The van der Waals surface area contributed by atoms with E-state index in [2.05, 4.69) is 9.97 Å². The third-order valence-electron chi connectivity index (χ3n) is 4.01. The molecule has 8 nitrogen and oxygen atoms in total. The molecule has 1 aromatic heterocycles. The van der Waals surface area contributed by atoms with Crippen LogP contribution >= 0.6 is 0 Å². The molecule has 8 heteroatoms. The van der Waals surface area contributed by atoms with Gasteiger partial charge >= 0.3 is 11.9 Å². The average Bonchev–Trinajstić information content (AvgIpc) is 3.18. The number of aryl methyl sites for hydroxylation is 2. The first-order chi connectivity index (χ1) is 13.5. The maximum atomic E-state index is 11.7. The van der Waals surface area contributed by atoms with Crippen LogP contribution in [0.3, 0.4) is 0 Å². The molecule has 0 saturated heterocycles. The molecule has 1 heterocycles. The molecule has 1 aliphatic carbocycles. The molecule has 0 bridgehead atoms. The van der Waals surface area contributed by atoms with Gasteiger partial charge in [0.2, 0.25) is 0 Å². The van der Waals surface area contributed by atoms with E-state index in [4.69, 9.17) is 14.9 Å². The second-order valence-electron chi connectivity index (χ2n) is 6.13. The van der Waals surface area contributed by atoms with E-state index < -0.39 is 11.9 Å². The normalized spacial score (nSPS) is 12.8. The molecule has 28 heavy (non-hydrogen) atoms. The zero-order chi connectivity index (χ0) is 20.4. The molecule has 0 unspecified atom stereocenters. The Morgan fingerprint density at radius 2 is 1.93 bits per heavy atom. The van der Waals surface area contributed by atoms with Gasteiger partial charge in [0.25, 0.3) is 0 Å². The SMILES string of the molecule is O=C(O)/C=C\C(=O)O.O=C1CCCc2cc(OCCCc3cnc[nH]3)ccc21. The van der Waals surface area contributed by atoms with Crippen LogP contribution in [0.4, 0.5) is 0 Å². The first-order valence-electron chi connectivity index (χ1n) is 8.86. The number of carboxylic acid groups (broad SMARTS) is 2. The predicted molar refractivity (Wildman–Crippen MR) is 101 cm³/mol. The number of carbonyl (C=O) groups is 3. The maximum Gasteiger partial charge on any atom is 0.328 e. The summed E-state index contributed by atoms with van der Waals surface area (Å²) in [6.07, 6.45) is 9.13. The summed E-state index contributed by atoms with van der Waals surface area (Å²) in [6, 6.07) is 5.82. The molecule has 0 amide bonds. The Balaban J connectivity index is 0.000000300. The summed E-state index contributed by atoms with van der Waals surface area (Å²) in [7, 11) is 0. The number of ether oxygens (including phenoxy) is 1. The zero-order valence-corrected chi connectivity index (χ0v) is 15.3. The van der Waals surface area contributed by atoms with Gasteiger partial charge in [0.15, 0.2) is 5.78 Å². The molecule has 2 aromatic rings. The summed E-state index contributed by atoms with van der Waals surface area (Å²) < 4.78 is 5.76. The van der Waals surface area contributed by atoms with E-state index in [1.54, 1.807) is 6.33 Å². The highest BCUT2D eigenvalue weighted by molar-refractivity contribution is 5.98. The summed E-state index contributed by atoms with van der Waals surface area (Å²) in [4.78, 5) is 37.9. The van der Waals surface area contributed by atoms with Gasteiger partial charge in [-0.1, -0.05) is 0 Å². The van der Waals surface area contributed by atoms with E-state index in [9.17, 15) is 14.4 Å². The van der Waals surface area contributed by atoms with Crippen LogP contribution in [0.1, 0.15) is 40.9 Å². The zero-order valence-electron chi connectivity index (χ0n) is 15.3. The Morgan fingerprint density at radius 1 is 1.18 bits per heavy atom. The Labute approximate surface area is 161 Å². The highest BCUT2D eigenvalue weighted by atomic mass is 16.5. The number of carbonyl (C=O) groups excluding carboxylic acids is 1. The third-order valence-corrected chi connectivity index (χ3v) is 4.01. The number of hydrogen-bond donors (Lipinski definition) is 3. The van der Waals surface area contributed by atoms with Crippen LogP contribution in [0, 0.1) is 0 Å². The number of rotatable bonds is 7. The van der Waals surface area contributed by atoms with E-state index in [1.807, 2.05) is 24.4 Å². The van der Waals surface area contributed by atoms with Crippen LogP contribution in [0.2, 0.25) is 0 Å². The molecule has 0 spiro atoms. The lowest BCUT2D eigenvalue weighted by Gasteiger charge is -2.15. The first-order valence-corrected chi connectivity index (χ1v) is 8.86. The number of ketones is 1. The van der Waals surface area contributed by atoms with Gasteiger partial charge in [0.1, 0.15) is 5.75 Å². The number of aromatic amines is 1. The molecule has 3 N–H and O–H groups in total. The van der Waals surface area contributed by atoms with Gasteiger partial charge < -0.3 is 19.9 Å². The molecule has 0 fully saturated rings. The molecule has 0 atom stereocenters. The number of imidazole rings is 1. The van der Waals surface area contributed by atoms with Crippen LogP contribution in [-0.2, 0) is 22.4 Å². The highest BCUT2D eigenvalue weighted by Gasteiger charge is 2.17. The van der Waals surface area contributed by atoms with Gasteiger partial charge in [0, 0.05) is 36.0 Å². The van der Waals surface area contributed by atoms with Crippen molar-refractivity contribution in [3.63, 3.8) is 0 Å². The largest absolute Gasteiger partial charge is 0.494 e. The minimum atomic E-state index is -1.26. The van der Waals surface area contributed by atoms with Crippen LogP contribution in [-0.4, -0.2) is 44.5 Å². The lowest BCUT2D eigenvalue weighted by molar-refractivity contribution is -0.134. The second kappa shape index (κ2) is 10.7. The van der Waals surface area contributed by atoms with Gasteiger partial charge in [-0.3, -0.25) is 4.79 Å². The lowest BCUT2D eigenvalue weighted by atomic mass is 9.90. The van der Waals surface area contributed by atoms with E-state index >= 15 is 0 Å². The average molecular weight is 386 g/mol. The highest BCUT2D eigenvalue weighted by Crippen LogP contribution is 2.25. The summed E-state index contributed by atoms with van der Waals surface area (Å²) in [5, 5.41) is 15.6. The molecule has 1 aliphatic rings. The van der Waals surface area contributed by atoms with Crippen molar-refractivity contribution in [2.24, 2.45) is 0 Å². The quantitative estimate of drug-likeness (QED) is 0.493. The van der Waals surface area contributed by atoms with E-state index in [1.165, 1.54) is 0 Å². The number of carboxylic acids is 2. The molecular weight excluding hydrogens is 364 g/mol. The molecule has 148 valence electrons. The number of benzene rings is 1. The Bertz CT molecular complexity index is 826. The Hall–Kier alpha value is -3.42. The fraction of sp³-hybridized carbons (Fsp3) is 0.300. The van der Waals surface area contributed by atoms with Crippen LogP contribution in [0.5, 0.6) is 5.75 Å². The van der Waals surface area contributed by atoms with Crippen molar-refractivity contribution in [2.75, 3.05) is 6.61 Å². The Kier molecular flexibility index (Phi) is 7.95. The first kappa shape index (κ1) is 20.9. The minimum absolute atomic E-state index is 0.261. The van der Waals surface area contributed by atoms with Gasteiger partial charge in [-0.15, -0.1) is 0 Å². The van der Waals surface area contributed by atoms with Crippen LogP contribution < -0.4 is 4.74 Å². The van der Waals surface area contributed by atoms with Crippen LogP contribution in [0.15, 0.2) is 42.9 Å². The van der Waals surface area contributed by atoms with Gasteiger partial charge in [0.05, 0.1) is 12.9 Å². The summed E-state index contributed by atoms with van der Waals surface area (Å²) in [5.41, 5.74) is 3.14. The van der Waals surface area contributed by atoms with Crippen LogP contribution in [0.25, 0.3) is 0 Å². The number of fused-ring (bicyclic) bond motifs is 1. The maximum absolute atomic E-state index is 11.7. The van der Waals surface area contributed by atoms with Crippen molar-refractivity contribution in [3.05, 3.63) is 59.7 Å². The Morgan fingerprint density at radius 3 is 2.57 bits per heavy atom. The van der Waals surface area contributed by atoms with Crippen molar-refractivity contribution in [1.29, 1.82) is 0 Å². The number of hydrogen-bond acceptors (Lipinski definition) is 5. The number of nitrogens with one attached hydrogen (secondary N) is 1. The fourth-order valence-electron chi connectivity index (χ4n) is 2.73. The van der Waals surface area contributed by atoms with Crippen molar-refractivity contribution >= 4 is 17.7 Å². The van der Waals surface area contributed by atoms with Crippen molar-refractivity contribution < 1.29 is 29.3 Å². The van der Waals surface area contributed by atoms with Crippen molar-refractivity contribution in [3.8, 4) is 5.75 Å².